The van der Waals surface area contributed by atoms with Crippen molar-refractivity contribution in [3.05, 3.63) is 64.7 Å². The Hall–Kier alpha value is -1.80. The van der Waals surface area contributed by atoms with Crippen LogP contribution in [0.4, 0.5) is 0 Å². The molecular formula is C19H23NO. The minimum Gasteiger partial charge on any atom is -0.508 e. The van der Waals surface area contributed by atoms with Gasteiger partial charge in [0.2, 0.25) is 0 Å². The summed E-state index contributed by atoms with van der Waals surface area (Å²) in [5.74, 6) is 0.380. The first-order chi connectivity index (χ1) is 10.3. The number of hydrogen-bond acceptors (Lipinski definition) is 2. The first-order valence-corrected chi connectivity index (χ1v) is 7.90. The van der Waals surface area contributed by atoms with Crippen molar-refractivity contribution in [1.29, 1.82) is 0 Å². The lowest BCUT2D eigenvalue weighted by Crippen LogP contribution is -2.25. The van der Waals surface area contributed by atoms with Crippen LogP contribution in [0.5, 0.6) is 5.75 Å². The van der Waals surface area contributed by atoms with Crippen LogP contribution in [0.3, 0.4) is 0 Å². The van der Waals surface area contributed by atoms with Crippen LogP contribution in [0, 0.1) is 0 Å². The maximum absolute atomic E-state index is 9.63. The number of benzene rings is 2. The maximum Gasteiger partial charge on any atom is 0.115 e. The minimum atomic E-state index is 0.380. The topological polar surface area (TPSA) is 32.3 Å². The SMILES string of the molecule is CCc1ccccc1CNC1CCCc2cc(O)ccc21. The number of hydrogen-bond donors (Lipinski definition) is 2. The highest BCUT2D eigenvalue weighted by atomic mass is 16.3. The lowest BCUT2D eigenvalue weighted by Gasteiger charge is -2.27. The molecule has 0 aliphatic heterocycles. The number of phenols is 1. The highest BCUT2D eigenvalue weighted by Gasteiger charge is 2.20. The van der Waals surface area contributed by atoms with Crippen LogP contribution < -0.4 is 5.32 Å². The number of aryl methyl sites for hydroxylation is 2. The Morgan fingerprint density at radius 1 is 1.14 bits per heavy atom. The van der Waals surface area contributed by atoms with Gasteiger partial charge in [-0.15, -0.1) is 0 Å². The predicted molar refractivity (Wildman–Crippen MR) is 86.4 cm³/mol. The van der Waals surface area contributed by atoms with Crippen LogP contribution in [-0.2, 0) is 19.4 Å². The zero-order valence-corrected chi connectivity index (χ0v) is 12.6. The summed E-state index contributed by atoms with van der Waals surface area (Å²) in [5, 5.41) is 13.3. The molecule has 2 nitrogen and oxygen atoms in total. The van der Waals surface area contributed by atoms with E-state index >= 15 is 0 Å². The fourth-order valence-corrected chi connectivity index (χ4v) is 3.32. The molecule has 1 aliphatic rings. The summed E-state index contributed by atoms with van der Waals surface area (Å²) < 4.78 is 0. The minimum absolute atomic E-state index is 0.380. The lowest BCUT2D eigenvalue weighted by molar-refractivity contribution is 0.449. The van der Waals surface area contributed by atoms with E-state index in [1.54, 1.807) is 6.07 Å². The Balaban J connectivity index is 1.75. The van der Waals surface area contributed by atoms with Crippen molar-refractivity contribution < 1.29 is 5.11 Å². The molecular weight excluding hydrogens is 258 g/mol. The van der Waals surface area contributed by atoms with Crippen molar-refractivity contribution in [2.45, 2.75) is 45.2 Å². The van der Waals surface area contributed by atoms with Crippen molar-refractivity contribution in [3.8, 4) is 5.75 Å². The molecule has 1 aliphatic carbocycles. The molecule has 0 aromatic heterocycles. The summed E-state index contributed by atoms with van der Waals surface area (Å²) >= 11 is 0. The van der Waals surface area contributed by atoms with Crippen LogP contribution in [0.1, 0.15) is 48.1 Å². The van der Waals surface area contributed by atoms with E-state index in [0.29, 0.717) is 11.8 Å². The second kappa shape index (κ2) is 6.31. The number of rotatable bonds is 4. The zero-order valence-electron chi connectivity index (χ0n) is 12.6. The molecule has 0 heterocycles. The average Bonchev–Trinajstić information content (AvgIpc) is 2.52. The summed E-state index contributed by atoms with van der Waals surface area (Å²) in [6.07, 6.45) is 4.51. The third-order valence-corrected chi connectivity index (χ3v) is 4.48. The Morgan fingerprint density at radius 2 is 1.95 bits per heavy atom. The van der Waals surface area contributed by atoms with Crippen molar-refractivity contribution >= 4 is 0 Å². The Morgan fingerprint density at radius 3 is 2.76 bits per heavy atom. The van der Waals surface area contributed by atoms with E-state index in [1.807, 2.05) is 6.07 Å². The third kappa shape index (κ3) is 3.11. The van der Waals surface area contributed by atoms with Gasteiger partial charge in [0.05, 0.1) is 0 Å². The van der Waals surface area contributed by atoms with Gasteiger partial charge in [0.25, 0.3) is 0 Å². The number of aromatic hydroxyl groups is 1. The van der Waals surface area contributed by atoms with Crippen LogP contribution in [0.2, 0.25) is 0 Å². The summed E-state index contributed by atoms with van der Waals surface area (Å²) in [4.78, 5) is 0. The number of phenolic OH excluding ortho intramolecular Hbond substituents is 1. The van der Waals surface area contributed by atoms with E-state index in [2.05, 4.69) is 42.6 Å². The first-order valence-electron chi connectivity index (χ1n) is 7.90. The van der Waals surface area contributed by atoms with Gasteiger partial charge >= 0.3 is 0 Å². The molecule has 3 rings (SSSR count). The average molecular weight is 281 g/mol. The Kier molecular flexibility index (Phi) is 4.26. The van der Waals surface area contributed by atoms with Crippen molar-refractivity contribution in [2.75, 3.05) is 0 Å². The summed E-state index contributed by atoms with van der Waals surface area (Å²) in [6.45, 7) is 3.12. The van der Waals surface area contributed by atoms with Crippen molar-refractivity contribution in [1.82, 2.24) is 5.32 Å². The van der Waals surface area contributed by atoms with Crippen LogP contribution in [-0.4, -0.2) is 5.11 Å². The highest BCUT2D eigenvalue weighted by Crippen LogP contribution is 2.32. The fourth-order valence-electron chi connectivity index (χ4n) is 3.32. The van der Waals surface area contributed by atoms with E-state index in [4.69, 9.17) is 0 Å². The molecule has 2 aromatic carbocycles. The fraction of sp³-hybridized carbons (Fsp3) is 0.368. The van der Waals surface area contributed by atoms with E-state index in [0.717, 1.165) is 19.4 Å². The molecule has 1 atom stereocenters. The Labute approximate surface area is 126 Å². The predicted octanol–water partition coefficient (Wildman–Crippen LogP) is 4.12. The molecule has 0 saturated heterocycles. The van der Waals surface area contributed by atoms with E-state index < -0.39 is 0 Å². The molecule has 0 amide bonds. The molecule has 110 valence electrons. The van der Waals surface area contributed by atoms with Gasteiger partial charge in [-0.25, -0.2) is 0 Å². The first kappa shape index (κ1) is 14.2. The normalized spacial score (nSPS) is 17.5. The number of nitrogens with one attached hydrogen (secondary N) is 1. The highest BCUT2D eigenvalue weighted by molar-refractivity contribution is 5.38. The zero-order chi connectivity index (χ0) is 14.7. The summed E-state index contributed by atoms with van der Waals surface area (Å²) in [7, 11) is 0. The lowest BCUT2D eigenvalue weighted by atomic mass is 9.87. The monoisotopic (exact) mass is 281 g/mol. The van der Waals surface area contributed by atoms with Crippen LogP contribution >= 0.6 is 0 Å². The molecule has 0 saturated carbocycles. The van der Waals surface area contributed by atoms with E-state index in [1.165, 1.54) is 35.1 Å². The maximum atomic E-state index is 9.63. The summed E-state index contributed by atoms with van der Waals surface area (Å²) in [6, 6.07) is 14.9. The smallest absolute Gasteiger partial charge is 0.115 e. The molecule has 2 heteroatoms. The molecule has 1 unspecified atom stereocenters. The van der Waals surface area contributed by atoms with Gasteiger partial charge in [-0.1, -0.05) is 37.3 Å². The van der Waals surface area contributed by atoms with Crippen molar-refractivity contribution in [3.63, 3.8) is 0 Å². The molecule has 0 bridgehead atoms. The molecule has 2 N–H and O–H groups in total. The quantitative estimate of drug-likeness (QED) is 0.883. The van der Waals surface area contributed by atoms with Crippen LogP contribution in [0.25, 0.3) is 0 Å². The van der Waals surface area contributed by atoms with Gasteiger partial charge < -0.3 is 10.4 Å². The molecule has 2 aromatic rings. The largest absolute Gasteiger partial charge is 0.508 e. The number of fused-ring (bicyclic) bond motifs is 1. The van der Waals surface area contributed by atoms with Gasteiger partial charge in [0.1, 0.15) is 5.75 Å². The van der Waals surface area contributed by atoms with Crippen molar-refractivity contribution in [2.24, 2.45) is 0 Å². The van der Waals surface area contributed by atoms with Gasteiger partial charge in [0, 0.05) is 12.6 Å². The third-order valence-electron chi connectivity index (χ3n) is 4.48. The second-order valence-electron chi connectivity index (χ2n) is 5.83. The van der Waals surface area contributed by atoms with Gasteiger partial charge in [-0.3, -0.25) is 0 Å². The molecule has 0 fully saturated rings. The van der Waals surface area contributed by atoms with E-state index in [9.17, 15) is 5.11 Å². The van der Waals surface area contributed by atoms with Crippen LogP contribution in [0.15, 0.2) is 42.5 Å². The molecule has 21 heavy (non-hydrogen) atoms. The van der Waals surface area contributed by atoms with Gasteiger partial charge in [-0.2, -0.15) is 0 Å². The second-order valence-corrected chi connectivity index (χ2v) is 5.83. The van der Waals surface area contributed by atoms with E-state index in [-0.39, 0.29) is 0 Å². The van der Waals surface area contributed by atoms with Gasteiger partial charge in [0.15, 0.2) is 0 Å². The molecule has 0 radical (unpaired) electrons. The summed E-state index contributed by atoms with van der Waals surface area (Å²) in [5.41, 5.74) is 5.47. The van der Waals surface area contributed by atoms with Gasteiger partial charge in [-0.05, 0) is 60.1 Å². The standard InChI is InChI=1S/C19H23NO/c1-2-14-6-3-4-7-16(14)13-20-19-9-5-8-15-12-17(21)10-11-18(15)19/h3-4,6-7,10-12,19-21H,2,5,8-9,13H2,1H3. The molecule has 0 spiro atoms. The Bertz CT molecular complexity index is 621.